The zero-order chi connectivity index (χ0) is 11.8. The number of aromatic hydroxyl groups is 1. The Bertz CT molecular complexity index is 610. The molecular formula is C11H12O4S. The molecule has 5 heteroatoms. The van der Waals surface area contributed by atoms with Crippen molar-refractivity contribution in [3.05, 3.63) is 30.0 Å². The minimum Gasteiger partial charge on any atom is -0.504 e. The molecule has 1 aromatic heterocycles. The Morgan fingerprint density at radius 3 is 2.81 bits per heavy atom. The molecule has 0 aliphatic rings. The van der Waals surface area contributed by atoms with Crippen LogP contribution in [0.3, 0.4) is 0 Å². The van der Waals surface area contributed by atoms with Crippen LogP contribution in [0.15, 0.2) is 28.9 Å². The summed E-state index contributed by atoms with van der Waals surface area (Å²) in [6.45, 7) is 1.61. The summed E-state index contributed by atoms with van der Waals surface area (Å²) in [5, 5.41) is 10.1. The zero-order valence-corrected chi connectivity index (χ0v) is 9.62. The SMILES string of the molecule is CCS(=O)(=O)Cc1coc2c(O)cccc12. The van der Waals surface area contributed by atoms with E-state index in [-0.39, 0.29) is 17.3 Å². The predicted molar refractivity (Wildman–Crippen MR) is 61.0 cm³/mol. The molecule has 0 saturated heterocycles. The number of rotatable bonds is 3. The molecule has 0 atom stereocenters. The monoisotopic (exact) mass is 240 g/mol. The standard InChI is InChI=1S/C11H12O4S/c1-2-16(13,14)7-8-6-15-11-9(8)4-3-5-10(11)12/h3-6,12H,2,7H2,1H3. The van der Waals surface area contributed by atoms with Gasteiger partial charge >= 0.3 is 0 Å². The number of benzene rings is 1. The first-order valence-corrected chi connectivity index (χ1v) is 6.74. The van der Waals surface area contributed by atoms with Crippen LogP contribution < -0.4 is 0 Å². The summed E-state index contributed by atoms with van der Waals surface area (Å²) < 4.78 is 28.1. The average molecular weight is 240 g/mol. The van der Waals surface area contributed by atoms with Gasteiger partial charge in [-0.1, -0.05) is 19.1 Å². The molecule has 1 aromatic carbocycles. The Labute approximate surface area is 93.4 Å². The summed E-state index contributed by atoms with van der Waals surface area (Å²) in [6.07, 6.45) is 1.39. The fourth-order valence-corrected chi connectivity index (χ4v) is 2.45. The van der Waals surface area contributed by atoms with Crippen molar-refractivity contribution in [3.8, 4) is 5.75 Å². The third-order valence-electron chi connectivity index (χ3n) is 2.47. The highest BCUT2D eigenvalue weighted by molar-refractivity contribution is 7.90. The molecule has 16 heavy (non-hydrogen) atoms. The lowest BCUT2D eigenvalue weighted by molar-refractivity contribution is 0.465. The van der Waals surface area contributed by atoms with Crippen molar-refractivity contribution in [3.63, 3.8) is 0 Å². The molecule has 0 aliphatic carbocycles. The van der Waals surface area contributed by atoms with Gasteiger partial charge in [-0.05, 0) is 6.07 Å². The molecule has 4 nitrogen and oxygen atoms in total. The molecule has 1 heterocycles. The van der Waals surface area contributed by atoms with Crippen LogP contribution in [0.4, 0.5) is 0 Å². The topological polar surface area (TPSA) is 67.5 Å². The van der Waals surface area contributed by atoms with Gasteiger partial charge in [-0.25, -0.2) is 8.42 Å². The van der Waals surface area contributed by atoms with Crippen molar-refractivity contribution in [2.75, 3.05) is 5.75 Å². The van der Waals surface area contributed by atoms with Gasteiger partial charge < -0.3 is 9.52 Å². The number of furan rings is 1. The third-order valence-corrected chi connectivity index (χ3v) is 4.10. The van der Waals surface area contributed by atoms with Crippen LogP contribution in [-0.4, -0.2) is 19.3 Å². The van der Waals surface area contributed by atoms with Crippen LogP contribution in [-0.2, 0) is 15.6 Å². The van der Waals surface area contributed by atoms with E-state index < -0.39 is 9.84 Å². The molecular weight excluding hydrogens is 228 g/mol. The number of para-hydroxylation sites is 1. The molecule has 0 saturated carbocycles. The lowest BCUT2D eigenvalue weighted by Crippen LogP contribution is -2.05. The molecule has 0 aliphatic heterocycles. The molecule has 0 amide bonds. The second kappa shape index (κ2) is 3.83. The maximum Gasteiger partial charge on any atom is 0.175 e. The summed E-state index contributed by atoms with van der Waals surface area (Å²) in [4.78, 5) is 0. The Hall–Kier alpha value is -1.49. The van der Waals surface area contributed by atoms with Gasteiger partial charge in [0.1, 0.15) is 0 Å². The Balaban J connectivity index is 2.51. The van der Waals surface area contributed by atoms with E-state index in [4.69, 9.17) is 4.42 Å². The summed E-state index contributed by atoms with van der Waals surface area (Å²) >= 11 is 0. The van der Waals surface area contributed by atoms with Crippen LogP contribution in [0.5, 0.6) is 5.75 Å². The van der Waals surface area contributed by atoms with E-state index in [1.807, 2.05) is 0 Å². The van der Waals surface area contributed by atoms with Crippen LogP contribution in [0.25, 0.3) is 11.0 Å². The highest BCUT2D eigenvalue weighted by atomic mass is 32.2. The number of fused-ring (bicyclic) bond motifs is 1. The van der Waals surface area contributed by atoms with Gasteiger partial charge in [0.2, 0.25) is 0 Å². The highest BCUT2D eigenvalue weighted by Gasteiger charge is 2.15. The van der Waals surface area contributed by atoms with Gasteiger partial charge in [-0.2, -0.15) is 0 Å². The van der Waals surface area contributed by atoms with Crippen molar-refractivity contribution >= 4 is 20.8 Å². The molecule has 2 aromatic rings. The average Bonchev–Trinajstić information content (AvgIpc) is 2.63. The minimum absolute atomic E-state index is 0.0256. The van der Waals surface area contributed by atoms with Crippen LogP contribution in [0.1, 0.15) is 12.5 Å². The molecule has 0 bridgehead atoms. The summed E-state index contributed by atoms with van der Waals surface area (Å²) in [5.41, 5.74) is 0.927. The molecule has 0 fully saturated rings. The van der Waals surface area contributed by atoms with E-state index in [0.29, 0.717) is 16.5 Å². The second-order valence-electron chi connectivity index (χ2n) is 3.59. The predicted octanol–water partition coefficient (Wildman–Crippen LogP) is 2.07. The first kappa shape index (κ1) is 11.0. The Kier molecular flexibility index (Phi) is 2.63. The fraction of sp³-hybridized carbons (Fsp3) is 0.273. The van der Waals surface area contributed by atoms with Crippen LogP contribution >= 0.6 is 0 Å². The molecule has 86 valence electrons. The van der Waals surface area contributed by atoms with Crippen LogP contribution in [0, 0.1) is 0 Å². The third kappa shape index (κ3) is 1.90. The number of phenolic OH excluding ortho intramolecular Hbond substituents is 1. The van der Waals surface area contributed by atoms with E-state index in [1.54, 1.807) is 19.1 Å². The van der Waals surface area contributed by atoms with Gasteiger partial charge in [-0.15, -0.1) is 0 Å². The molecule has 0 spiro atoms. The minimum atomic E-state index is -3.09. The van der Waals surface area contributed by atoms with Crippen molar-refractivity contribution in [2.24, 2.45) is 0 Å². The van der Waals surface area contributed by atoms with E-state index >= 15 is 0 Å². The van der Waals surface area contributed by atoms with Crippen molar-refractivity contribution in [1.29, 1.82) is 0 Å². The maximum atomic E-state index is 11.5. The molecule has 0 radical (unpaired) electrons. The normalized spacial score (nSPS) is 12.1. The lowest BCUT2D eigenvalue weighted by Gasteiger charge is -1.98. The fourth-order valence-electron chi connectivity index (χ4n) is 1.55. The quantitative estimate of drug-likeness (QED) is 0.891. The van der Waals surface area contributed by atoms with Crippen LogP contribution in [0.2, 0.25) is 0 Å². The van der Waals surface area contributed by atoms with E-state index in [2.05, 4.69) is 0 Å². The van der Waals surface area contributed by atoms with Crippen molar-refractivity contribution < 1.29 is 17.9 Å². The zero-order valence-electron chi connectivity index (χ0n) is 8.80. The summed E-state index contributed by atoms with van der Waals surface area (Å²) in [7, 11) is -3.09. The smallest absolute Gasteiger partial charge is 0.175 e. The summed E-state index contributed by atoms with van der Waals surface area (Å²) in [5.74, 6) is 0.0657. The van der Waals surface area contributed by atoms with Crippen molar-refractivity contribution in [2.45, 2.75) is 12.7 Å². The van der Waals surface area contributed by atoms with E-state index in [1.165, 1.54) is 12.3 Å². The Morgan fingerprint density at radius 2 is 2.12 bits per heavy atom. The number of hydrogen-bond acceptors (Lipinski definition) is 4. The first-order valence-electron chi connectivity index (χ1n) is 4.92. The lowest BCUT2D eigenvalue weighted by atomic mass is 10.2. The van der Waals surface area contributed by atoms with Crippen molar-refractivity contribution in [1.82, 2.24) is 0 Å². The molecule has 2 rings (SSSR count). The van der Waals surface area contributed by atoms with E-state index in [9.17, 15) is 13.5 Å². The molecule has 1 N–H and O–H groups in total. The number of phenols is 1. The first-order chi connectivity index (χ1) is 7.53. The summed E-state index contributed by atoms with van der Waals surface area (Å²) in [6, 6.07) is 4.90. The van der Waals surface area contributed by atoms with Gasteiger partial charge in [0.25, 0.3) is 0 Å². The Morgan fingerprint density at radius 1 is 1.38 bits per heavy atom. The number of sulfone groups is 1. The highest BCUT2D eigenvalue weighted by Crippen LogP contribution is 2.29. The number of hydrogen-bond donors (Lipinski definition) is 1. The van der Waals surface area contributed by atoms with Gasteiger partial charge in [0.15, 0.2) is 21.2 Å². The van der Waals surface area contributed by atoms with Gasteiger partial charge in [0, 0.05) is 16.7 Å². The van der Waals surface area contributed by atoms with Gasteiger partial charge in [0.05, 0.1) is 12.0 Å². The van der Waals surface area contributed by atoms with E-state index in [0.717, 1.165) is 0 Å². The van der Waals surface area contributed by atoms with Gasteiger partial charge in [-0.3, -0.25) is 0 Å². The molecule has 0 unspecified atom stereocenters. The largest absolute Gasteiger partial charge is 0.504 e. The second-order valence-corrected chi connectivity index (χ2v) is 5.94. The maximum absolute atomic E-state index is 11.5.